The maximum Gasteiger partial charge on any atom is 0.268 e. The largest absolute Gasteiger partial charge is 0.494 e. The fourth-order valence-corrected chi connectivity index (χ4v) is 7.50. The van der Waals surface area contributed by atoms with E-state index < -0.39 is 48.8 Å². The Balaban J connectivity index is 1.03. The highest BCUT2D eigenvalue weighted by Crippen LogP contribution is 2.31. The van der Waals surface area contributed by atoms with E-state index in [-0.39, 0.29) is 42.2 Å². The Kier molecular flexibility index (Phi) is 17.1. The van der Waals surface area contributed by atoms with Crippen LogP contribution in [0.25, 0.3) is 10.9 Å². The summed E-state index contributed by atoms with van der Waals surface area (Å²) in [5.41, 5.74) is 0.248. The van der Waals surface area contributed by atoms with E-state index in [0.29, 0.717) is 55.7 Å². The summed E-state index contributed by atoms with van der Waals surface area (Å²) < 4.78 is 33.5. The first-order valence-electron chi connectivity index (χ1n) is 20.6. The van der Waals surface area contributed by atoms with Crippen molar-refractivity contribution in [3.8, 4) is 11.8 Å². The summed E-state index contributed by atoms with van der Waals surface area (Å²) in [6.45, 7) is 10.7. The van der Waals surface area contributed by atoms with Gasteiger partial charge in [-0.05, 0) is 37.1 Å². The van der Waals surface area contributed by atoms with Gasteiger partial charge in [-0.1, -0.05) is 6.92 Å². The highest BCUT2D eigenvalue weighted by molar-refractivity contribution is 6.07. The smallest absolute Gasteiger partial charge is 0.268 e. The number of hydrogen-bond acceptors (Lipinski definition) is 13. The summed E-state index contributed by atoms with van der Waals surface area (Å²) in [7, 11) is 0. The van der Waals surface area contributed by atoms with Gasteiger partial charge in [0.05, 0.1) is 42.4 Å². The number of pyridine rings is 1. The van der Waals surface area contributed by atoms with Crippen molar-refractivity contribution < 1.29 is 32.7 Å². The van der Waals surface area contributed by atoms with Crippen LogP contribution in [0.4, 0.5) is 8.78 Å². The van der Waals surface area contributed by atoms with E-state index in [0.717, 1.165) is 63.8 Å². The molecule has 4 aliphatic rings. The third kappa shape index (κ3) is 14.3. The quantitative estimate of drug-likeness (QED) is 0.113. The molecule has 0 aliphatic carbocycles. The number of ether oxygens (including phenoxy) is 1. The molecule has 1 aromatic heterocycles. The Morgan fingerprint density at radius 3 is 2.10 bits per heavy atom. The van der Waals surface area contributed by atoms with Gasteiger partial charge in [0.25, 0.3) is 11.8 Å². The van der Waals surface area contributed by atoms with E-state index in [2.05, 4.69) is 59.8 Å². The molecule has 2 aromatic rings. The SMILES string of the molecule is CC12CNCCNCC(NC(=O)CCCC(=O)NCCCOc3ccc4nccc(C(=O)NCC(=O)N5CC(F)(F)C[C@H]5C#N)c4c3)(CNCCNC1)CNCCNC2. The topological polar surface area (TPSA) is 226 Å². The first-order chi connectivity index (χ1) is 28.4. The number of carbonyl (C=O) groups is 4. The van der Waals surface area contributed by atoms with Crippen molar-refractivity contribution in [3.63, 3.8) is 0 Å². The van der Waals surface area contributed by atoms with Crippen molar-refractivity contribution in [3.05, 3.63) is 36.0 Å². The van der Waals surface area contributed by atoms with E-state index in [4.69, 9.17) is 4.74 Å². The fourth-order valence-electron chi connectivity index (χ4n) is 7.50. The normalized spacial score (nSPS) is 24.3. The van der Waals surface area contributed by atoms with Crippen LogP contribution >= 0.6 is 0 Å². The molecule has 5 heterocycles. The molecule has 0 saturated carbocycles. The minimum atomic E-state index is -3.16. The lowest BCUT2D eigenvalue weighted by atomic mass is 9.90. The summed E-state index contributed by atoms with van der Waals surface area (Å²) in [5.74, 6) is -4.34. The van der Waals surface area contributed by atoms with Crippen LogP contribution < -0.4 is 52.6 Å². The molecule has 0 spiro atoms. The Morgan fingerprint density at radius 2 is 1.47 bits per heavy atom. The van der Waals surface area contributed by atoms with Gasteiger partial charge >= 0.3 is 0 Å². The van der Waals surface area contributed by atoms with Gasteiger partial charge in [0.15, 0.2) is 0 Å². The van der Waals surface area contributed by atoms with Gasteiger partial charge in [-0.2, -0.15) is 5.26 Å². The van der Waals surface area contributed by atoms with Crippen LogP contribution in [0.3, 0.4) is 0 Å². The number of amides is 4. The van der Waals surface area contributed by atoms with Gasteiger partial charge in [-0.25, -0.2) is 8.78 Å². The van der Waals surface area contributed by atoms with Gasteiger partial charge in [0, 0.05) is 121 Å². The predicted octanol–water partition coefficient (Wildman–Crippen LogP) is -0.794. The number of nitriles is 1. The number of hydrogen-bond donors (Lipinski definition) is 9. The molecule has 9 N–H and O–H groups in total. The lowest BCUT2D eigenvalue weighted by Gasteiger charge is -2.37. The summed E-state index contributed by atoms with van der Waals surface area (Å²) in [6, 6.07) is 6.98. The standard InChI is InChI=1S/C40H60F2N12O5/c1-38-22-44-11-14-47-25-39(26-48-15-12-45-23-38,27-49-16-13-46-24-38)53-35(56)5-2-4-34(55)51-9-3-17-59-30-6-7-33-32(18-30)31(8-10-50-33)37(58)52-21-36(57)54-28-40(41,42)19-29(54)20-43/h6-8,10,18,29,44-49H,2-5,9,11-17,19,21-28H2,1H3,(H,51,55)(H,52,58)(H,53,56)/t29-,38?,39?/m0/s1. The van der Waals surface area contributed by atoms with Gasteiger partial charge in [-0.3, -0.25) is 24.2 Å². The molecule has 19 heteroatoms. The van der Waals surface area contributed by atoms with E-state index in [9.17, 15) is 33.2 Å². The summed E-state index contributed by atoms with van der Waals surface area (Å²) in [5, 5.41) is 39.7. The van der Waals surface area contributed by atoms with Gasteiger partial charge in [0.2, 0.25) is 17.7 Å². The fraction of sp³-hybridized carbons (Fsp3) is 0.650. The summed E-state index contributed by atoms with van der Waals surface area (Å²) >= 11 is 0. The number of aromatic nitrogens is 1. The van der Waals surface area contributed by atoms with Gasteiger partial charge in [0.1, 0.15) is 11.8 Å². The van der Waals surface area contributed by atoms with Crippen molar-refractivity contribution in [1.29, 1.82) is 5.26 Å². The van der Waals surface area contributed by atoms with E-state index in [1.54, 1.807) is 24.3 Å². The van der Waals surface area contributed by atoms with Crippen molar-refractivity contribution in [2.45, 2.75) is 56.5 Å². The van der Waals surface area contributed by atoms with Crippen molar-refractivity contribution in [1.82, 2.24) is 57.7 Å². The Bertz CT molecular complexity index is 1730. The lowest BCUT2D eigenvalue weighted by Crippen LogP contribution is -2.66. The van der Waals surface area contributed by atoms with Crippen LogP contribution in [-0.4, -0.2) is 156 Å². The molecule has 324 valence electrons. The van der Waals surface area contributed by atoms with Crippen LogP contribution in [0.15, 0.2) is 30.5 Å². The number of nitrogens with one attached hydrogen (secondary N) is 9. The van der Waals surface area contributed by atoms with E-state index >= 15 is 0 Å². The third-order valence-electron chi connectivity index (χ3n) is 10.7. The van der Waals surface area contributed by atoms with Crippen molar-refractivity contribution >= 4 is 34.5 Å². The molecule has 2 bridgehead atoms. The minimum absolute atomic E-state index is 0.0913. The Labute approximate surface area is 344 Å². The van der Waals surface area contributed by atoms with E-state index in [1.807, 2.05) is 0 Å². The monoisotopic (exact) mass is 826 g/mol. The minimum Gasteiger partial charge on any atom is -0.494 e. The number of rotatable bonds is 13. The molecule has 0 unspecified atom stereocenters. The number of fused-ring (bicyclic) bond motifs is 16. The van der Waals surface area contributed by atoms with Crippen LogP contribution in [0.5, 0.6) is 5.75 Å². The van der Waals surface area contributed by atoms with Crippen molar-refractivity contribution in [2.24, 2.45) is 5.41 Å². The molecule has 1 atom stereocenters. The summed E-state index contributed by atoms with van der Waals surface area (Å²) in [4.78, 5) is 56.6. The summed E-state index contributed by atoms with van der Waals surface area (Å²) in [6.07, 6.45) is 2.03. The highest BCUT2D eigenvalue weighted by atomic mass is 19.3. The van der Waals surface area contributed by atoms with Crippen LogP contribution in [0.2, 0.25) is 0 Å². The number of benzene rings is 1. The van der Waals surface area contributed by atoms with Crippen LogP contribution in [0, 0.1) is 16.7 Å². The predicted molar refractivity (Wildman–Crippen MR) is 218 cm³/mol. The lowest BCUT2D eigenvalue weighted by molar-refractivity contribution is -0.131. The van der Waals surface area contributed by atoms with Crippen LogP contribution in [0.1, 0.15) is 49.4 Å². The second-order valence-corrected chi connectivity index (χ2v) is 16.1. The molecule has 6 rings (SSSR count). The van der Waals surface area contributed by atoms with Crippen molar-refractivity contribution in [2.75, 3.05) is 105 Å². The molecule has 4 saturated heterocycles. The molecule has 4 fully saturated rings. The van der Waals surface area contributed by atoms with Gasteiger partial charge < -0.3 is 57.5 Å². The number of nitrogens with zero attached hydrogens (tertiary/aromatic N) is 3. The maximum absolute atomic E-state index is 13.8. The number of carbonyl (C=O) groups excluding carboxylic acids is 4. The first kappa shape index (κ1) is 45.5. The molecule has 0 radical (unpaired) electrons. The molecule has 17 nitrogen and oxygen atoms in total. The molecule has 59 heavy (non-hydrogen) atoms. The second kappa shape index (κ2) is 22.1. The second-order valence-electron chi connectivity index (χ2n) is 16.1. The molecule has 1 aromatic carbocycles. The Hall–Kier alpha value is -4.58. The Morgan fingerprint density at radius 1 is 0.864 bits per heavy atom. The zero-order valence-corrected chi connectivity index (χ0v) is 34.0. The third-order valence-corrected chi connectivity index (χ3v) is 10.7. The zero-order chi connectivity index (χ0) is 42.1. The highest BCUT2D eigenvalue weighted by Gasteiger charge is 2.47. The van der Waals surface area contributed by atoms with Crippen LogP contribution in [-0.2, 0) is 14.4 Å². The average Bonchev–Trinajstić information content (AvgIpc) is 3.54. The molecule has 4 aliphatic heterocycles. The maximum atomic E-state index is 13.8. The van der Waals surface area contributed by atoms with E-state index in [1.165, 1.54) is 12.3 Å². The average molecular weight is 827 g/mol. The molecule has 4 amide bonds. The van der Waals surface area contributed by atoms with Gasteiger partial charge in [-0.15, -0.1) is 0 Å². The number of likely N-dealkylation sites (tertiary alicyclic amines) is 1. The number of halogens is 2. The first-order valence-corrected chi connectivity index (χ1v) is 20.6. The number of alkyl halides is 2. The molecular formula is C40H60F2N12O5. The zero-order valence-electron chi connectivity index (χ0n) is 34.0. The molecular weight excluding hydrogens is 767 g/mol.